The second kappa shape index (κ2) is 9.70. The highest BCUT2D eigenvalue weighted by atomic mass is 16.4. The predicted octanol–water partition coefficient (Wildman–Crippen LogP) is 2.85. The quantitative estimate of drug-likeness (QED) is 0.727. The van der Waals surface area contributed by atoms with Gasteiger partial charge in [0.05, 0.1) is 5.92 Å². The molecule has 0 aliphatic carbocycles. The van der Waals surface area contributed by atoms with Gasteiger partial charge in [-0.15, -0.1) is 0 Å². The first kappa shape index (κ1) is 19.7. The minimum atomic E-state index is -0.885. The van der Waals surface area contributed by atoms with Crippen LogP contribution in [0.15, 0.2) is 24.3 Å². The Kier molecular flexibility index (Phi) is 7.95. The van der Waals surface area contributed by atoms with Crippen LogP contribution < -0.4 is 5.32 Å². The van der Waals surface area contributed by atoms with Gasteiger partial charge < -0.3 is 15.3 Å². The molecule has 2 amide bonds. The molecule has 0 saturated carbocycles. The summed E-state index contributed by atoms with van der Waals surface area (Å²) in [6.45, 7) is 6.85. The molecule has 0 heterocycles. The lowest BCUT2D eigenvalue weighted by molar-refractivity contribution is -0.138. The van der Waals surface area contributed by atoms with Crippen LogP contribution in [0.1, 0.15) is 51.5 Å². The van der Waals surface area contributed by atoms with Gasteiger partial charge in [0.2, 0.25) is 11.8 Å². The van der Waals surface area contributed by atoms with Gasteiger partial charge in [-0.05, 0) is 44.9 Å². The number of carbonyl (C=O) groups is 3. The van der Waals surface area contributed by atoms with Crippen molar-refractivity contribution in [2.75, 3.05) is 18.4 Å². The maximum Gasteiger partial charge on any atom is 0.310 e. The van der Waals surface area contributed by atoms with E-state index < -0.39 is 11.9 Å². The smallest absolute Gasteiger partial charge is 0.310 e. The molecule has 1 rings (SSSR count). The summed E-state index contributed by atoms with van der Waals surface area (Å²) in [4.78, 5) is 36.4. The zero-order valence-corrected chi connectivity index (χ0v) is 14.5. The van der Waals surface area contributed by atoms with Crippen molar-refractivity contribution in [2.45, 2.75) is 46.0 Å². The molecule has 0 spiro atoms. The van der Waals surface area contributed by atoms with Crippen molar-refractivity contribution < 1.29 is 19.5 Å². The molecule has 0 radical (unpaired) electrons. The monoisotopic (exact) mass is 334 g/mol. The first-order valence-electron chi connectivity index (χ1n) is 8.29. The molecule has 0 saturated heterocycles. The molecule has 0 bridgehead atoms. The number of hydrogen-bond acceptors (Lipinski definition) is 3. The van der Waals surface area contributed by atoms with Crippen molar-refractivity contribution >= 4 is 23.5 Å². The fraction of sp³-hybridized carbons (Fsp3) is 0.500. The van der Waals surface area contributed by atoms with Crippen LogP contribution in [-0.4, -0.2) is 40.9 Å². The Bertz CT molecular complexity index is 565. The van der Waals surface area contributed by atoms with Crippen molar-refractivity contribution in [1.29, 1.82) is 0 Å². The lowest BCUT2D eigenvalue weighted by atomic mass is 10.0. The van der Waals surface area contributed by atoms with E-state index in [1.54, 1.807) is 36.1 Å². The standard InChI is InChI=1S/C18H26N2O4/c1-4-20(5-2)17(22)8-6-7-16(21)19-15-11-9-14(10-12-15)13(3)18(23)24/h9-13H,4-8H2,1-3H3,(H,19,21)(H,23,24). The summed E-state index contributed by atoms with van der Waals surface area (Å²) in [5, 5.41) is 11.7. The molecule has 2 N–H and O–H groups in total. The van der Waals surface area contributed by atoms with Gasteiger partial charge in [0.25, 0.3) is 0 Å². The number of benzene rings is 1. The Morgan fingerprint density at radius 1 is 1.08 bits per heavy atom. The number of hydrogen-bond donors (Lipinski definition) is 2. The van der Waals surface area contributed by atoms with E-state index in [1.165, 1.54) is 0 Å². The normalized spacial score (nSPS) is 11.6. The summed E-state index contributed by atoms with van der Waals surface area (Å²) in [5.74, 6) is -1.55. The average molecular weight is 334 g/mol. The molecule has 0 aliphatic rings. The van der Waals surface area contributed by atoms with Crippen LogP contribution in [0.25, 0.3) is 0 Å². The molecular weight excluding hydrogens is 308 g/mol. The highest BCUT2D eigenvalue weighted by Gasteiger charge is 2.14. The van der Waals surface area contributed by atoms with Gasteiger partial charge in [-0.25, -0.2) is 0 Å². The number of aliphatic carboxylic acids is 1. The first-order chi connectivity index (χ1) is 11.4. The molecule has 1 unspecified atom stereocenters. The van der Waals surface area contributed by atoms with Crippen LogP contribution in [0.4, 0.5) is 5.69 Å². The Morgan fingerprint density at radius 2 is 1.67 bits per heavy atom. The van der Waals surface area contributed by atoms with E-state index in [-0.39, 0.29) is 18.2 Å². The van der Waals surface area contributed by atoms with Gasteiger partial charge >= 0.3 is 5.97 Å². The minimum absolute atomic E-state index is 0.0693. The molecule has 0 fully saturated rings. The second-order valence-electron chi connectivity index (χ2n) is 5.65. The Labute approximate surface area is 142 Å². The van der Waals surface area contributed by atoms with Crippen molar-refractivity contribution in [1.82, 2.24) is 4.90 Å². The molecule has 1 aromatic rings. The van der Waals surface area contributed by atoms with Gasteiger partial charge in [0.15, 0.2) is 0 Å². The van der Waals surface area contributed by atoms with Crippen molar-refractivity contribution in [3.8, 4) is 0 Å². The fourth-order valence-electron chi connectivity index (χ4n) is 2.36. The van der Waals surface area contributed by atoms with Crippen LogP contribution in [0.2, 0.25) is 0 Å². The molecular formula is C18H26N2O4. The largest absolute Gasteiger partial charge is 0.481 e. The van der Waals surface area contributed by atoms with E-state index in [0.717, 1.165) is 0 Å². The second-order valence-corrected chi connectivity index (χ2v) is 5.65. The van der Waals surface area contributed by atoms with Gasteiger partial charge in [-0.1, -0.05) is 12.1 Å². The first-order valence-corrected chi connectivity index (χ1v) is 8.29. The van der Waals surface area contributed by atoms with Crippen LogP contribution >= 0.6 is 0 Å². The van der Waals surface area contributed by atoms with Gasteiger partial charge in [0.1, 0.15) is 0 Å². The number of rotatable bonds is 9. The topological polar surface area (TPSA) is 86.7 Å². The highest BCUT2D eigenvalue weighted by molar-refractivity contribution is 5.91. The number of carbonyl (C=O) groups excluding carboxylic acids is 2. The van der Waals surface area contributed by atoms with Crippen LogP contribution in [-0.2, 0) is 14.4 Å². The van der Waals surface area contributed by atoms with Gasteiger partial charge in [-0.2, -0.15) is 0 Å². The van der Waals surface area contributed by atoms with E-state index >= 15 is 0 Å². The minimum Gasteiger partial charge on any atom is -0.481 e. The zero-order valence-electron chi connectivity index (χ0n) is 14.5. The molecule has 0 aliphatic heterocycles. The number of nitrogens with zero attached hydrogens (tertiary/aromatic N) is 1. The molecule has 6 heteroatoms. The summed E-state index contributed by atoms with van der Waals surface area (Å²) < 4.78 is 0. The van der Waals surface area contributed by atoms with Gasteiger partial charge in [-0.3, -0.25) is 14.4 Å². The molecule has 132 valence electrons. The van der Waals surface area contributed by atoms with Crippen molar-refractivity contribution in [3.63, 3.8) is 0 Å². The number of carboxylic acid groups (broad SMARTS) is 1. The Morgan fingerprint density at radius 3 is 2.17 bits per heavy atom. The fourth-order valence-corrected chi connectivity index (χ4v) is 2.36. The van der Waals surface area contributed by atoms with Crippen LogP contribution in [0.5, 0.6) is 0 Å². The molecule has 24 heavy (non-hydrogen) atoms. The third-order valence-corrected chi connectivity index (χ3v) is 3.98. The van der Waals surface area contributed by atoms with E-state index in [4.69, 9.17) is 5.11 Å². The van der Waals surface area contributed by atoms with Crippen molar-refractivity contribution in [3.05, 3.63) is 29.8 Å². The number of carboxylic acids is 1. The summed E-state index contributed by atoms with van der Waals surface area (Å²) in [6, 6.07) is 6.76. The number of amides is 2. The Balaban J connectivity index is 2.43. The highest BCUT2D eigenvalue weighted by Crippen LogP contribution is 2.18. The SMILES string of the molecule is CCN(CC)C(=O)CCCC(=O)Nc1ccc(C(C)C(=O)O)cc1. The lowest BCUT2D eigenvalue weighted by Crippen LogP contribution is -2.30. The summed E-state index contributed by atoms with van der Waals surface area (Å²) in [7, 11) is 0. The average Bonchev–Trinajstić information content (AvgIpc) is 2.56. The van der Waals surface area contributed by atoms with E-state index in [1.807, 2.05) is 13.8 Å². The number of anilines is 1. The van der Waals surface area contributed by atoms with E-state index in [0.29, 0.717) is 37.2 Å². The maximum atomic E-state index is 11.9. The summed E-state index contributed by atoms with van der Waals surface area (Å²) in [5.41, 5.74) is 1.31. The zero-order chi connectivity index (χ0) is 18.1. The lowest BCUT2D eigenvalue weighted by Gasteiger charge is -2.18. The third kappa shape index (κ3) is 6.02. The van der Waals surface area contributed by atoms with Crippen LogP contribution in [0, 0.1) is 0 Å². The molecule has 0 aromatic heterocycles. The molecule has 6 nitrogen and oxygen atoms in total. The van der Waals surface area contributed by atoms with Crippen molar-refractivity contribution in [2.24, 2.45) is 0 Å². The molecule has 1 atom stereocenters. The summed E-state index contributed by atoms with van der Waals surface area (Å²) >= 11 is 0. The van der Waals surface area contributed by atoms with Crippen LogP contribution in [0.3, 0.4) is 0 Å². The summed E-state index contributed by atoms with van der Waals surface area (Å²) in [6.07, 6.45) is 1.15. The Hall–Kier alpha value is -2.37. The van der Waals surface area contributed by atoms with E-state index in [2.05, 4.69) is 5.32 Å². The van der Waals surface area contributed by atoms with Gasteiger partial charge in [0, 0.05) is 31.6 Å². The third-order valence-electron chi connectivity index (χ3n) is 3.98. The predicted molar refractivity (Wildman–Crippen MR) is 92.9 cm³/mol. The number of nitrogens with one attached hydrogen (secondary N) is 1. The molecule has 1 aromatic carbocycles. The van der Waals surface area contributed by atoms with E-state index in [9.17, 15) is 14.4 Å². The maximum absolute atomic E-state index is 11.9.